The number of amides is 1. The molecule has 1 aliphatic rings. The van der Waals surface area contributed by atoms with Crippen LogP contribution in [-0.2, 0) is 4.74 Å². The Kier molecular flexibility index (Phi) is 3.84. The Labute approximate surface area is 110 Å². The van der Waals surface area contributed by atoms with E-state index in [1.165, 1.54) is 18.2 Å². The number of nitrogens with zero attached hydrogens (tertiary/aromatic N) is 3. The predicted octanol–water partition coefficient (Wildman–Crippen LogP) is 0.668. The fourth-order valence-electron chi connectivity index (χ4n) is 1.94. The summed E-state index contributed by atoms with van der Waals surface area (Å²) >= 11 is 0. The Bertz CT molecular complexity index is 466. The minimum atomic E-state index is -0.895. The molecule has 0 unspecified atom stereocenters. The van der Waals surface area contributed by atoms with Crippen molar-refractivity contribution in [1.82, 2.24) is 9.88 Å². The van der Waals surface area contributed by atoms with Crippen molar-refractivity contribution in [1.29, 1.82) is 0 Å². The Hall–Kier alpha value is -2.31. The summed E-state index contributed by atoms with van der Waals surface area (Å²) in [6.07, 6.45) is 0.568. The van der Waals surface area contributed by atoms with Gasteiger partial charge in [0, 0.05) is 32.4 Å². The topological polar surface area (TPSA) is 83.0 Å². The molecule has 0 aromatic carbocycles. The van der Waals surface area contributed by atoms with E-state index in [9.17, 15) is 9.59 Å². The summed E-state index contributed by atoms with van der Waals surface area (Å²) in [7, 11) is 1.32. The lowest BCUT2D eigenvalue weighted by molar-refractivity contribution is 0.0600. The molecule has 19 heavy (non-hydrogen) atoms. The lowest BCUT2D eigenvalue weighted by Crippen LogP contribution is -2.48. The number of rotatable bonds is 2. The molecule has 0 bridgehead atoms. The van der Waals surface area contributed by atoms with Gasteiger partial charge in [-0.05, 0) is 12.1 Å². The van der Waals surface area contributed by atoms with Crippen LogP contribution in [-0.4, -0.2) is 60.3 Å². The Morgan fingerprint density at radius 1 is 1.26 bits per heavy atom. The molecule has 1 N–H and O–H groups in total. The summed E-state index contributed by atoms with van der Waals surface area (Å²) in [4.78, 5) is 29.6. The van der Waals surface area contributed by atoms with Crippen LogP contribution in [0.4, 0.5) is 10.6 Å². The van der Waals surface area contributed by atoms with Gasteiger partial charge in [0.15, 0.2) is 0 Å². The first-order valence-electron chi connectivity index (χ1n) is 5.89. The fourth-order valence-corrected chi connectivity index (χ4v) is 1.94. The van der Waals surface area contributed by atoms with Gasteiger partial charge in [0.25, 0.3) is 0 Å². The van der Waals surface area contributed by atoms with E-state index in [1.54, 1.807) is 12.1 Å². The molecule has 0 radical (unpaired) electrons. The Balaban J connectivity index is 2.00. The standard InChI is InChI=1S/C12H15N3O4/c1-19-11(16)9-2-3-10(13-8-9)14-4-6-15(7-5-14)12(17)18/h2-3,8H,4-7H2,1H3,(H,17,18). The zero-order chi connectivity index (χ0) is 13.8. The van der Waals surface area contributed by atoms with E-state index in [1.807, 2.05) is 4.90 Å². The zero-order valence-electron chi connectivity index (χ0n) is 10.6. The maximum atomic E-state index is 11.3. The van der Waals surface area contributed by atoms with Crippen molar-refractivity contribution in [2.45, 2.75) is 0 Å². The monoisotopic (exact) mass is 265 g/mol. The molecule has 7 nitrogen and oxygen atoms in total. The number of carbonyl (C=O) groups is 2. The van der Waals surface area contributed by atoms with Crippen molar-refractivity contribution >= 4 is 17.9 Å². The maximum Gasteiger partial charge on any atom is 0.407 e. The van der Waals surface area contributed by atoms with Gasteiger partial charge in [0.05, 0.1) is 12.7 Å². The first kappa shape index (κ1) is 13.1. The van der Waals surface area contributed by atoms with Gasteiger partial charge in [-0.3, -0.25) is 0 Å². The van der Waals surface area contributed by atoms with E-state index in [0.717, 1.165) is 5.82 Å². The largest absolute Gasteiger partial charge is 0.465 e. The van der Waals surface area contributed by atoms with Crippen LogP contribution in [0.15, 0.2) is 18.3 Å². The summed E-state index contributed by atoms with van der Waals surface area (Å²) in [6.45, 7) is 2.10. The van der Waals surface area contributed by atoms with Crippen LogP contribution in [0, 0.1) is 0 Å². The highest BCUT2D eigenvalue weighted by Crippen LogP contribution is 2.14. The smallest absolute Gasteiger partial charge is 0.407 e. The summed E-state index contributed by atoms with van der Waals surface area (Å²) < 4.78 is 4.60. The van der Waals surface area contributed by atoms with Crippen molar-refractivity contribution in [3.8, 4) is 0 Å². The molecule has 7 heteroatoms. The minimum absolute atomic E-state index is 0.399. The van der Waals surface area contributed by atoms with Crippen LogP contribution in [0.2, 0.25) is 0 Å². The number of anilines is 1. The molecule has 0 atom stereocenters. The fraction of sp³-hybridized carbons (Fsp3) is 0.417. The molecule has 1 fully saturated rings. The number of ether oxygens (including phenoxy) is 1. The molecule has 0 saturated carbocycles. The van der Waals surface area contributed by atoms with Gasteiger partial charge in [0.1, 0.15) is 5.82 Å². The lowest BCUT2D eigenvalue weighted by Gasteiger charge is -2.33. The van der Waals surface area contributed by atoms with Gasteiger partial charge < -0.3 is 19.6 Å². The third kappa shape index (κ3) is 2.93. The van der Waals surface area contributed by atoms with Gasteiger partial charge in [-0.25, -0.2) is 14.6 Å². The van der Waals surface area contributed by atoms with E-state index in [2.05, 4.69) is 9.72 Å². The molecular weight excluding hydrogens is 250 g/mol. The average Bonchev–Trinajstić information content (AvgIpc) is 2.46. The third-order valence-corrected chi connectivity index (χ3v) is 3.04. The number of aromatic nitrogens is 1. The molecule has 2 heterocycles. The van der Waals surface area contributed by atoms with Crippen LogP contribution in [0.1, 0.15) is 10.4 Å². The number of methoxy groups -OCH3 is 1. The SMILES string of the molecule is COC(=O)c1ccc(N2CCN(C(=O)O)CC2)nc1. The molecule has 1 aliphatic heterocycles. The van der Waals surface area contributed by atoms with Crippen molar-refractivity contribution in [2.24, 2.45) is 0 Å². The number of hydrogen-bond acceptors (Lipinski definition) is 5. The van der Waals surface area contributed by atoms with Crippen molar-refractivity contribution < 1.29 is 19.4 Å². The first-order valence-corrected chi connectivity index (χ1v) is 5.89. The second-order valence-electron chi connectivity index (χ2n) is 4.15. The number of carbonyl (C=O) groups excluding carboxylic acids is 1. The second kappa shape index (κ2) is 5.55. The van der Waals surface area contributed by atoms with Crippen LogP contribution in [0.25, 0.3) is 0 Å². The average molecular weight is 265 g/mol. The van der Waals surface area contributed by atoms with Crippen molar-refractivity contribution in [3.63, 3.8) is 0 Å². The highest BCUT2D eigenvalue weighted by molar-refractivity contribution is 5.89. The second-order valence-corrected chi connectivity index (χ2v) is 4.15. The predicted molar refractivity (Wildman–Crippen MR) is 67.4 cm³/mol. The summed E-state index contributed by atoms with van der Waals surface area (Å²) in [6, 6.07) is 3.39. The normalized spacial score (nSPS) is 15.2. The number of hydrogen-bond donors (Lipinski definition) is 1. The maximum absolute atomic E-state index is 11.3. The van der Waals surface area contributed by atoms with Crippen LogP contribution >= 0.6 is 0 Å². The van der Waals surface area contributed by atoms with Gasteiger partial charge >= 0.3 is 12.1 Å². The molecule has 0 aliphatic carbocycles. The number of carboxylic acid groups (broad SMARTS) is 1. The molecule has 0 spiro atoms. The number of esters is 1. The van der Waals surface area contributed by atoms with Gasteiger partial charge in [-0.1, -0.05) is 0 Å². The Morgan fingerprint density at radius 2 is 1.95 bits per heavy atom. The van der Waals surface area contributed by atoms with E-state index in [0.29, 0.717) is 31.7 Å². The zero-order valence-corrected chi connectivity index (χ0v) is 10.6. The summed E-state index contributed by atoms with van der Waals surface area (Å²) in [5.74, 6) is 0.312. The molecule has 1 aromatic rings. The highest BCUT2D eigenvalue weighted by atomic mass is 16.5. The molecule has 1 aromatic heterocycles. The third-order valence-electron chi connectivity index (χ3n) is 3.04. The summed E-state index contributed by atoms with van der Waals surface area (Å²) in [5.41, 5.74) is 0.399. The van der Waals surface area contributed by atoms with Gasteiger partial charge in [-0.15, -0.1) is 0 Å². The van der Waals surface area contributed by atoms with E-state index in [-0.39, 0.29) is 0 Å². The van der Waals surface area contributed by atoms with Crippen molar-refractivity contribution in [3.05, 3.63) is 23.9 Å². The molecule has 1 amide bonds. The molecule has 102 valence electrons. The number of pyridine rings is 1. The van der Waals surface area contributed by atoms with Crippen LogP contribution < -0.4 is 4.90 Å². The van der Waals surface area contributed by atoms with Gasteiger partial charge in [-0.2, -0.15) is 0 Å². The molecular formula is C12H15N3O4. The summed E-state index contributed by atoms with van der Waals surface area (Å²) in [5, 5.41) is 8.86. The van der Waals surface area contributed by atoms with E-state index >= 15 is 0 Å². The van der Waals surface area contributed by atoms with Crippen LogP contribution in [0.3, 0.4) is 0 Å². The van der Waals surface area contributed by atoms with E-state index < -0.39 is 12.1 Å². The van der Waals surface area contributed by atoms with Crippen LogP contribution in [0.5, 0.6) is 0 Å². The first-order chi connectivity index (χ1) is 9.11. The van der Waals surface area contributed by atoms with Gasteiger partial charge in [0.2, 0.25) is 0 Å². The van der Waals surface area contributed by atoms with Crippen molar-refractivity contribution in [2.75, 3.05) is 38.2 Å². The highest BCUT2D eigenvalue weighted by Gasteiger charge is 2.21. The minimum Gasteiger partial charge on any atom is -0.465 e. The van der Waals surface area contributed by atoms with E-state index in [4.69, 9.17) is 5.11 Å². The Morgan fingerprint density at radius 3 is 2.42 bits per heavy atom. The molecule has 1 saturated heterocycles. The quantitative estimate of drug-likeness (QED) is 0.791. The lowest BCUT2D eigenvalue weighted by atomic mass is 10.2. The molecule has 2 rings (SSSR count). The number of piperazine rings is 1.